The summed E-state index contributed by atoms with van der Waals surface area (Å²) in [6.45, 7) is 7.73. The van der Waals surface area contributed by atoms with E-state index in [1.807, 2.05) is 39.0 Å². The molecule has 1 aromatic heterocycles. The van der Waals surface area contributed by atoms with Crippen molar-refractivity contribution in [2.75, 3.05) is 4.72 Å². The molecule has 0 aliphatic heterocycles. The first kappa shape index (κ1) is 15.6. The van der Waals surface area contributed by atoms with Gasteiger partial charge in [-0.1, -0.05) is 32.0 Å². The third kappa shape index (κ3) is 2.95. The Labute approximate surface area is 126 Å². The Balaban J connectivity index is 2.49. The number of nitrogens with one attached hydrogen (secondary N) is 1. The fourth-order valence-corrected chi connectivity index (χ4v) is 3.61. The van der Waals surface area contributed by atoms with E-state index in [-0.39, 0.29) is 10.8 Å². The molecule has 0 spiro atoms. The predicted molar refractivity (Wildman–Crippen MR) is 84.0 cm³/mol. The summed E-state index contributed by atoms with van der Waals surface area (Å²) >= 11 is 0. The van der Waals surface area contributed by atoms with E-state index in [1.54, 1.807) is 18.7 Å². The van der Waals surface area contributed by atoms with Gasteiger partial charge in [-0.25, -0.2) is 8.42 Å². The lowest BCUT2D eigenvalue weighted by Crippen LogP contribution is -2.16. The van der Waals surface area contributed by atoms with Gasteiger partial charge in [-0.3, -0.25) is 9.40 Å². The molecule has 1 aromatic carbocycles. The molecule has 0 atom stereocenters. The van der Waals surface area contributed by atoms with Crippen LogP contribution in [0.15, 0.2) is 29.3 Å². The van der Waals surface area contributed by atoms with Crippen molar-refractivity contribution in [1.82, 2.24) is 9.78 Å². The lowest BCUT2D eigenvalue weighted by molar-refractivity contribution is 0.600. The number of hydrogen-bond acceptors (Lipinski definition) is 3. The molecule has 0 aliphatic carbocycles. The van der Waals surface area contributed by atoms with Crippen LogP contribution in [0.25, 0.3) is 0 Å². The molecule has 0 saturated carbocycles. The highest BCUT2D eigenvalue weighted by atomic mass is 32.2. The molecule has 2 aromatic rings. The van der Waals surface area contributed by atoms with E-state index in [0.29, 0.717) is 11.4 Å². The van der Waals surface area contributed by atoms with Crippen LogP contribution in [-0.2, 0) is 17.1 Å². The molecule has 114 valence electrons. The topological polar surface area (TPSA) is 64.0 Å². The van der Waals surface area contributed by atoms with Gasteiger partial charge in [0.25, 0.3) is 10.0 Å². The van der Waals surface area contributed by atoms with Crippen LogP contribution < -0.4 is 4.72 Å². The van der Waals surface area contributed by atoms with Gasteiger partial charge in [-0.05, 0) is 30.9 Å². The van der Waals surface area contributed by atoms with Crippen molar-refractivity contribution in [3.05, 3.63) is 41.2 Å². The minimum absolute atomic E-state index is 0.211. The number of hydrogen-bond donors (Lipinski definition) is 1. The highest BCUT2D eigenvalue weighted by Gasteiger charge is 2.22. The largest absolute Gasteiger partial charge is 0.279 e. The second-order valence-corrected chi connectivity index (χ2v) is 7.17. The summed E-state index contributed by atoms with van der Waals surface area (Å²) in [7, 11) is -1.91. The van der Waals surface area contributed by atoms with E-state index in [2.05, 4.69) is 9.82 Å². The van der Waals surface area contributed by atoms with Crippen molar-refractivity contribution in [2.24, 2.45) is 7.05 Å². The van der Waals surface area contributed by atoms with Gasteiger partial charge in [0.2, 0.25) is 0 Å². The first-order valence-electron chi connectivity index (χ1n) is 6.85. The van der Waals surface area contributed by atoms with Gasteiger partial charge >= 0.3 is 0 Å². The second kappa shape index (κ2) is 5.52. The van der Waals surface area contributed by atoms with E-state index in [1.165, 1.54) is 6.20 Å². The molecule has 0 saturated heterocycles. The Bertz CT molecular complexity index is 761. The second-order valence-electron chi connectivity index (χ2n) is 5.52. The maximum atomic E-state index is 12.6. The molecule has 1 heterocycles. The summed E-state index contributed by atoms with van der Waals surface area (Å²) in [4.78, 5) is 0.211. The Hall–Kier alpha value is -1.82. The van der Waals surface area contributed by atoms with Gasteiger partial charge in [0.05, 0.1) is 17.6 Å². The van der Waals surface area contributed by atoms with Crippen LogP contribution in [0.4, 0.5) is 5.69 Å². The Morgan fingerprint density at radius 1 is 1.24 bits per heavy atom. The quantitative estimate of drug-likeness (QED) is 0.944. The molecule has 0 aliphatic rings. The summed E-state index contributed by atoms with van der Waals surface area (Å²) in [5, 5.41) is 4.00. The summed E-state index contributed by atoms with van der Waals surface area (Å²) in [5.74, 6) is 0.234. The van der Waals surface area contributed by atoms with Gasteiger partial charge in [0.15, 0.2) is 0 Å². The minimum atomic E-state index is -3.64. The molecule has 2 rings (SSSR count). The number of sulfonamides is 1. The lowest BCUT2D eigenvalue weighted by Gasteiger charge is -2.17. The summed E-state index contributed by atoms with van der Waals surface area (Å²) in [6.07, 6.45) is 1.38. The molecule has 1 N–H and O–H groups in total. The molecule has 0 bridgehead atoms. The minimum Gasteiger partial charge on any atom is -0.279 e. The van der Waals surface area contributed by atoms with E-state index in [9.17, 15) is 8.42 Å². The third-order valence-electron chi connectivity index (χ3n) is 3.64. The summed E-state index contributed by atoms with van der Waals surface area (Å²) < 4.78 is 29.5. The van der Waals surface area contributed by atoms with Crippen LogP contribution in [0, 0.1) is 13.8 Å². The van der Waals surface area contributed by atoms with Crippen molar-refractivity contribution in [1.29, 1.82) is 0 Å². The zero-order valence-corrected chi connectivity index (χ0v) is 13.8. The molecule has 6 heteroatoms. The number of aromatic nitrogens is 2. The van der Waals surface area contributed by atoms with Crippen molar-refractivity contribution in [3.8, 4) is 0 Å². The van der Waals surface area contributed by atoms with Gasteiger partial charge in [0, 0.05) is 7.05 Å². The Morgan fingerprint density at radius 2 is 1.90 bits per heavy atom. The fourth-order valence-electron chi connectivity index (χ4n) is 2.24. The summed E-state index contributed by atoms with van der Waals surface area (Å²) in [6, 6.07) is 5.79. The van der Waals surface area contributed by atoms with Crippen molar-refractivity contribution in [2.45, 2.75) is 38.5 Å². The molecule has 0 radical (unpaired) electrons. The molecular weight excluding hydrogens is 286 g/mol. The predicted octanol–water partition coefficient (Wildman–Crippen LogP) is 2.96. The molecule has 21 heavy (non-hydrogen) atoms. The van der Waals surface area contributed by atoms with E-state index < -0.39 is 10.0 Å². The normalized spacial score (nSPS) is 11.9. The zero-order chi connectivity index (χ0) is 15.8. The number of aryl methyl sites for hydroxylation is 2. The number of para-hydroxylation sites is 1. The zero-order valence-electron chi connectivity index (χ0n) is 13.0. The first-order chi connectivity index (χ1) is 9.74. The van der Waals surface area contributed by atoms with Gasteiger partial charge in [-0.15, -0.1) is 0 Å². The maximum Gasteiger partial charge on any atom is 0.265 e. The van der Waals surface area contributed by atoms with Crippen LogP contribution >= 0.6 is 0 Å². The Morgan fingerprint density at radius 3 is 2.43 bits per heavy atom. The fraction of sp³-hybridized carbons (Fsp3) is 0.400. The smallest absolute Gasteiger partial charge is 0.265 e. The molecular formula is C15H21N3O2S. The third-order valence-corrected chi connectivity index (χ3v) is 5.10. The highest BCUT2D eigenvalue weighted by molar-refractivity contribution is 7.92. The molecule has 0 fully saturated rings. The maximum absolute atomic E-state index is 12.6. The lowest BCUT2D eigenvalue weighted by atomic mass is 9.99. The van der Waals surface area contributed by atoms with Gasteiger partial charge in [-0.2, -0.15) is 5.10 Å². The van der Waals surface area contributed by atoms with Gasteiger partial charge in [0.1, 0.15) is 4.90 Å². The van der Waals surface area contributed by atoms with Crippen LogP contribution in [0.1, 0.15) is 36.6 Å². The van der Waals surface area contributed by atoms with Crippen molar-refractivity contribution in [3.63, 3.8) is 0 Å². The average Bonchev–Trinajstić information content (AvgIpc) is 2.72. The monoisotopic (exact) mass is 307 g/mol. The van der Waals surface area contributed by atoms with Crippen molar-refractivity contribution >= 4 is 15.7 Å². The van der Waals surface area contributed by atoms with Crippen LogP contribution in [0.3, 0.4) is 0 Å². The first-order valence-corrected chi connectivity index (χ1v) is 8.33. The standard InChI is InChI=1S/C15H21N3O2S/c1-10(2)13-8-6-7-11(3)15(13)17-21(19,20)14-9-16-18(5)12(14)4/h6-10,17H,1-5H3. The van der Waals surface area contributed by atoms with Crippen molar-refractivity contribution < 1.29 is 8.42 Å². The van der Waals surface area contributed by atoms with Gasteiger partial charge < -0.3 is 0 Å². The number of benzene rings is 1. The van der Waals surface area contributed by atoms with E-state index in [4.69, 9.17) is 0 Å². The SMILES string of the molecule is Cc1cccc(C(C)C)c1NS(=O)(=O)c1cnn(C)c1C. The summed E-state index contributed by atoms with van der Waals surface area (Å²) in [5.41, 5.74) is 3.17. The van der Waals surface area contributed by atoms with E-state index in [0.717, 1.165) is 11.1 Å². The average molecular weight is 307 g/mol. The molecule has 0 unspecified atom stereocenters. The number of rotatable bonds is 4. The number of nitrogens with zero attached hydrogens (tertiary/aromatic N) is 2. The highest BCUT2D eigenvalue weighted by Crippen LogP contribution is 2.29. The van der Waals surface area contributed by atoms with Crippen LogP contribution in [0.2, 0.25) is 0 Å². The molecule has 5 nitrogen and oxygen atoms in total. The molecule has 0 amide bonds. The van der Waals surface area contributed by atoms with Crippen LogP contribution in [-0.4, -0.2) is 18.2 Å². The van der Waals surface area contributed by atoms with Crippen LogP contribution in [0.5, 0.6) is 0 Å². The Kier molecular flexibility index (Phi) is 4.09. The van der Waals surface area contributed by atoms with E-state index >= 15 is 0 Å². The number of anilines is 1.